The van der Waals surface area contributed by atoms with E-state index >= 15 is 0 Å². The van der Waals surface area contributed by atoms with Gasteiger partial charge in [-0.2, -0.15) is 13.2 Å². The average Bonchev–Trinajstić information content (AvgIpc) is 2.58. The third-order valence-electron chi connectivity index (χ3n) is 4.26. The predicted octanol–water partition coefficient (Wildman–Crippen LogP) is 3.14. The highest BCUT2D eigenvalue weighted by Gasteiger charge is 2.29. The Morgan fingerprint density at radius 1 is 1.36 bits per heavy atom. The van der Waals surface area contributed by atoms with Gasteiger partial charge in [-0.25, -0.2) is 4.98 Å². The van der Waals surface area contributed by atoms with E-state index in [0.29, 0.717) is 17.9 Å². The van der Waals surface area contributed by atoms with Crippen LogP contribution in [0.2, 0.25) is 0 Å². The largest absolute Gasteiger partial charge is 0.468 e. The van der Waals surface area contributed by atoms with Crippen LogP contribution in [0.1, 0.15) is 50.1 Å². The number of nitrogens with one attached hydrogen (secondary N) is 1. The fourth-order valence-corrected chi connectivity index (χ4v) is 3.02. The number of aliphatic hydroxyl groups is 1. The number of hydrogen-bond donors (Lipinski definition) is 2. The van der Waals surface area contributed by atoms with Gasteiger partial charge in [0.1, 0.15) is 0 Å². The number of aliphatic hydroxyl groups excluding tert-OH is 1. The van der Waals surface area contributed by atoms with Crippen LogP contribution in [-0.2, 0) is 4.79 Å². The van der Waals surface area contributed by atoms with Gasteiger partial charge in [0.15, 0.2) is 6.61 Å². The van der Waals surface area contributed by atoms with Crippen molar-refractivity contribution in [2.75, 3.05) is 13.2 Å². The summed E-state index contributed by atoms with van der Waals surface area (Å²) in [6.45, 7) is -1.81. The second kappa shape index (κ2) is 9.03. The van der Waals surface area contributed by atoms with Crippen molar-refractivity contribution >= 4 is 5.91 Å². The minimum Gasteiger partial charge on any atom is -0.468 e. The van der Waals surface area contributed by atoms with E-state index in [-0.39, 0.29) is 18.4 Å². The summed E-state index contributed by atoms with van der Waals surface area (Å²) in [6, 6.07) is 2.13. The molecule has 25 heavy (non-hydrogen) atoms. The average molecular weight is 360 g/mol. The van der Waals surface area contributed by atoms with Gasteiger partial charge in [-0.1, -0.05) is 19.3 Å². The third kappa shape index (κ3) is 6.89. The summed E-state index contributed by atoms with van der Waals surface area (Å²) in [6.07, 6.45) is 2.76. The van der Waals surface area contributed by atoms with Crippen LogP contribution in [0.5, 0.6) is 5.88 Å². The lowest BCUT2D eigenvalue weighted by Crippen LogP contribution is -2.32. The maximum Gasteiger partial charge on any atom is 0.422 e. The van der Waals surface area contributed by atoms with E-state index in [0.717, 1.165) is 25.7 Å². The van der Waals surface area contributed by atoms with Crippen LogP contribution >= 0.6 is 0 Å². The molecule has 5 nitrogen and oxygen atoms in total. The van der Waals surface area contributed by atoms with Crippen molar-refractivity contribution in [3.8, 4) is 5.88 Å². The molecule has 0 bridgehead atoms. The van der Waals surface area contributed by atoms with Crippen molar-refractivity contribution in [1.82, 2.24) is 10.3 Å². The molecular weight excluding hydrogens is 337 g/mol. The number of alkyl halides is 3. The Kier molecular flexibility index (Phi) is 7.04. The molecule has 0 aromatic carbocycles. The monoisotopic (exact) mass is 360 g/mol. The highest BCUT2D eigenvalue weighted by Crippen LogP contribution is 2.27. The van der Waals surface area contributed by atoms with Crippen molar-refractivity contribution < 1.29 is 27.8 Å². The van der Waals surface area contributed by atoms with Gasteiger partial charge < -0.3 is 15.2 Å². The minimum absolute atomic E-state index is 0.166. The number of halogens is 3. The van der Waals surface area contributed by atoms with E-state index in [1.54, 1.807) is 0 Å². The summed E-state index contributed by atoms with van der Waals surface area (Å²) in [5.41, 5.74) is 0.451. The summed E-state index contributed by atoms with van der Waals surface area (Å²) in [7, 11) is 0. The Hall–Kier alpha value is -1.83. The zero-order valence-corrected chi connectivity index (χ0v) is 13.9. The number of amides is 1. The standard InChI is InChI=1S/C17H23F3N2O3/c18-17(19,20)11-25-16-9-13(6-7-21-16)14(10-23)22-15(24)8-12-4-2-1-3-5-12/h6-7,9,12,14,23H,1-5,8,10-11H2,(H,22,24)/t14-/m0/s1. The highest BCUT2D eigenvalue weighted by atomic mass is 19.4. The molecule has 0 radical (unpaired) electrons. The molecule has 1 amide bonds. The molecule has 1 aliphatic carbocycles. The Balaban J connectivity index is 1.93. The zero-order valence-electron chi connectivity index (χ0n) is 13.9. The van der Waals surface area contributed by atoms with Gasteiger partial charge in [0.05, 0.1) is 12.6 Å². The van der Waals surface area contributed by atoms with Crippen LogP contribution in [0.25, 0.3) is 0 Å². The lowest BCUT2D eigenvalue weighted by atomic mass is 9.87. The van der Waals surface area contributed by atoms with E-state index in [1.165, 1.54) is 24.8 Å². The van der Waals surface area contributed by atoms with Crippen LogP contribution in [0, 0.1) is 5.92 Å². The maximum atomic E-state index is 12.2. The minimum atomic E-state index is -4.46. The van der Waals surface area contributed by atoms with Gasteiger partial charge >= 0.3 is 6.18 Å². The molecule has 1 heterocycles. The molecular formula is C17H23F3N2O3. The summed E-state index contributed by atoms with van der Waals surface area (Å²) in [4.78, 5) is 15.9. The Morgan fingerprint density at radius 3 is 2.72 bits per heavy atom. The SMILES string of the molecule is O=C(CC1CCCCC1)N[C@@H](CO)c1ccnc(OCC(F)(F)F)c1. The summed E-state index contributed by atoms with van der Waals surface area (Å²) < 4.78 is 41.2. The quantitative estimate of drug-likeness (QED) is 0.784. The molecule has 1 saturated carbocycles. The Bertz CT molecular complexity index is 560. The van der Waals surface area contributed by atoms with E-state index in [2.05, 4.69) is 15.0 Å². The van der Waals surface area contributed by atoms with E-state index < -0.39 is 18.8 Å². The molecule has 2 N–H and O–H groups in total. The molecule has 1 aromatic rings. The van der Waals surface area contributed by atoms with Crippen molar-refractivity contribution in [2.24, 2.45) is 5.92 Å². The van der Waals surface area contributed by atoms with Crippen molar-refractivity contribution in [1.29, 1.82) is 0 Å². The lowest BCUT2D eigenvalue weighted by molar-refractivity contribution is -0.154. The van der Waals surface area contributed by atoms with Gasteiger partial charge in [-0.05, 0) is 30.4 Å². The summed E-state index contributed by atoms with van der Waals surface area (Å²) in [5, 5.41) is 12.3. The third-order valence-corrected chi connectivity index (χ3v) is 4.26. The van der Waals surface area contributed by atoms with E-state index in [9.17, 15) is 23.1 Å². The van der Waals surface area contributed by atoms with Crippen LogP contribution < -0.4 is 10.1 Å². The molecule has 1 fully saturated rings. The second-order valence-electron chi connectivity index (χ2n) is 6.34. The van der Waals surface area contributed by atoms with E-state index in [1.807, 2.05) is 0 Å². The smallest absolute Gasteiger partial charge is 0.422 e. The first-order valence-corrected chi connectivity index (χ1v) is 8.43. The second-order valence-corrected chi connectivity index (χ2v) is 6.34. The molecule has 0 aliphatic heterocycles. The Morgan fingerprint density at radius 2 is 2.08 bits per heavy atom. The molecule has 140 valence electrons. The van der Waals surface area contributed by atoms with Gasteiger partial charge in [0.2, 0.25) is 11.8 Å². The van der Waals surface area contributed by atoms with Crippen LogP contribution in [0.3, 0.4) is 0 Å². The normalized spacial score (nSPS) is 17.1. The molecule has 0 spiro atoms. The van der Waals surface area contributed by atoms with Gasteiger partial charge in [-0.15, -0.1) is 0 Å². The molecule has 0 unspecified atom stereocenters. The summed E-state index contributed by atoms with van der Waals surface area (Å²) in [5.74, 6) is -0.00783. The van der Waals surface area contributed by atoms with Gasteiger partial charge in [0, 0.05) is 18.7 Å². The molecule has 2 rings (SSSR count). The van der Waals surface area contributed by atoms with Crippen LogP contribution in [-0.4, -0.2) is 35.4 Å². The lowest BCUT2D eigenvalue weighted by Gasteiger charge is -2.23. The number of aromatic nitrogens is 1. The molecule has 0 saturated heterocycles. The number of nitrogens with zero attached hydrogens (tertiary/aromatic N) is 1. The summed E-state index contributed by atoms with van der Waals surface area (Å²) >= 11 is 0. The van der Waals surface area contributed by atoms with Gasteiger partial charge in [-0.3, -0.25) is 4.79 Å². The van der Waals surface area contributed by atoms with Crippen molar-refractivity contribution in [3.05, 3.63) is 23.9 Å². The molecule has 1 aliphatic rings. The molecule has 8 heteroatoms. The van der Waals surface area contributed by atoms with Crippen molar-refractivity contribution in [2.45, 2.75) is 50.7 Å². The first-order chi connectivity index (χ1) is 11.9. The number of rotatable bonds is 7. The first-order valence-electron chi connectivity index (χ1n) is 8.43. The van der Waals surface area contributed by atoms with Crippen LogP contribution in [0.4, 0.5) is 13.2 Å². The Labute approximate surface area is 144 Å². The predicted molar refractivity (Wildman–Crippen MR) is 84.9 cm³/mol. The first kappa shape index (κ1) is 19.5. The van der Waals surface area contributed by atoms with Crippen LogP contribution in [0.15, 0.2) is 18.3 Å². The molecule has 1 aromatic heterocycles. The number of hydrogen-bond acceptors (Lipinski definition) is 4. The number of ether oxygens (including phenoxy) is 1. The number of pyridine rings is 1. The zero-order chi connectivity index (χ0) is 18.3. The maximum absolute atomic E-state index is 12.2. The fourth-order valence-electron chi connectivity index (χ4n) is 3.02. The highest BCUT2D eigenvalue weighted by molar-refractivity contribution is 5.76. The van der Waals surface area contributed by atoms with E-state index in [4.69, 9.17) is 0 Å². The molecule has 1 atom stereocenters. The topological polar surface area (TPSA) is 71.5 Å². The number of carbonyl (C=O) groups is 1. The van der Waals surface area contributed by atoms with Gasteiger partial charge in [0.25, 0.3) is 0 Å². The van der Waals surface area contributed by atoms with Crippen molar-refractivity contribution in [3.63, 3.8) is 0 Å². The fraction of sp³-hybridized carbons (Fsp3) is 0.647. The number of carbonyl (C=O) groups excluding carboxylic acids is 1.